The van der Waals surface area contributed by atoms with Crippen molar-refractivity contribution >= 4 is 50.9 Å². The van der Waals surface area contributed by atoms with Crippen LogP contribution in [0.5, 0.6) is 5.75 Å². The highest BCUT2D eigenvalue weighted by atomic mass is 35.5. The van der Waals surface area contributed by atoms with Crippen LogP contribution in [-0.4, -0.2) is 16.3 Å². The molecule has 1 N–H and O–H groups in total. The SMILES string of the molecule is CC.O=CCc1ccc(C#Cc2cc3ncnc(Nc4ccc(OCc5cccc(F)c5)c(Cl)c4)c3s2)o1. The summed E-state index contributed by atoms with van der Waals surface area (Å²) in [6.07, 6.45) is 2.49. The van der Waals surface area contributed by atoms with Gasteiger partial charge in [0.25, 0.3) is 0 Å². The molecular formula is C29H23ClFN3O3S. The van der Waals surface area contributed by atoms with Crippen LogP contribution in [0.4, 0.5) is 15.9 Å². The maximum atomic E-state index is 13.4. The Morgan fingerprint density at radius 2 is 1.97 bits per heavy atom. The Hall–Kier alpha value is -4.19. The lowest BCUT2D eigenvalue weighted by molar-refractivity contribution is -0.107. The fraction of sp³-hybridized carbons (Fsp3) is 0.138. The van der Waals surface area contributed by atoms with Gasteiger partial charge < -0.3 is 19.3 Å². The van der Waals surface area contributed by atoms with Gasteiger partial charge in [0.15, 0.2) is 11.6 Å². The van der Waals surface area contributed by atoms with Gasteiger partial charge in [-0.05, 0) is 65.9 Å². The minimum Gasteiger partial charge on any atom is -0.487 e. The van der Waals surface area contributed by atoms with E-state index < -0.39 is 0 Å². The van der Waals surface area contributed by atoms with Crippen molar-refractivity contribution in [3.8, 4) is 17.6 Å². The minimum atomic E-state index is -0.315. The molecule has 38 heavy (non-hydrogen) atoms. The molecule has 6 nitrogen and oxygen atoms in total. The Bertz CT molecular complexity index is 1620. The summed E-state index contributed by atoms with van der Waals surface area (Å²) in [6.45, 7) is 4.20. The van der Waals surface area contributed by atoms with Gasteiger partial charge in [-0.25, -0.2) is 14.4 Å². The third-order valence-electron chi connectivity index (χ3n) is 5.04. The molecule has 0 amide bonds. The Morgan fingerprint density at radius 1 is 1.11 bits per heavy atom. The van der Waals surface area contributed by atoms with E-state index in [9.17, 15) is 9.18 Å². The zero-order chi connectivity index (χ0) is 26.9. The first kappa shape index (κ1) is 26.9. The lowest BCUT2D eigenvalue weighted by atomic mass is 10.2. The largest absolute Gasteiger partial charge is 0.487 e. The van der Waals surface area contributed by atoms with Crippen LogP contribution in [0, 0.1) is 17.7 Å². The number of carbonyl (C=O) groups excluding carboxylic acids is 1. The average Bonchev–Trinajstić information content (AvgIpc) is 3.56. The smallest absolute Gasteiger partial charge is 0.177 e. The average molecular weight is 548 g/mol. The highest BCUT2D eigenvalue weighted by Crippen LogP contribution is 2.33. The fourth-order valence-electron chi connectivity index (χ4n) is 3.39. The van der Waals surface area contributed by atoms with Crippen LogP contribution in [-0.2, 0) is 17.8 Å². The number of nitrogens with zero attached hydrogens (tertiary/aromatic N) is 2. The van der Waals surface area contributed by atoms with Crippen LogP contribution < -0.4 is 10.1 Å². The van der Waals surface area contributed by atoms with Gasteiger partial charge >= 0.3 is 0 Å². The van der Waals surface area contributed by atoms with Gasteiger partial charge in [0.05, 0.1) is 26.5 Å². The second-order valence-corrected chi connectivity index (χ2v) is 9.08. The zero-order valence-electron chi connectivity index (χ0n) is 20.6. The number of thiophene rings is 1. The van der Waals surface area contributed by atoms with E-state index in [1.807, 2.05) is 26.0 Å². The number of aldehydes is 1. The Labute approximate surface area is 228 Å². The van der Waals surface area contributed by atoms with Crippen LogP contribution >= 0.6 is 22.9 Å². The summed E-state index contributed by atoms with van der Waals surface area (Å²) in [5.74, 6) is 7.90. The summed E-state index contributed by atoms with van der Waals surface area (Å²) in [5.41, 5.74) is 2.18. The molecule has 0 aliphatic carbocycles. The first-order valence-electron chi connectivity index (χ1n) is 11.8. The van der Waals surface area contributed by atoms with Gasteiger partial charge in [-0.2, -0.15) is 0 Å². The van der Waals surface area contributed by atoms with Crippen LogP contribution in [0.25, 0.3) is 10.2 Å². The number of hydrogen-bond donors (Lipinski definition) is 1. The van der Waals surface area contributed by atoms with Gasteiger partial charge in [-0.1, -0.05) is 37.6 Å². The first-order valence-corrected chi connectivity index (χ1v) is 13.0. The normalized spacial score (nSPS) is 10.2. The summed E-state index contributed by atoms with van der Waals surface area (Å²) < 4.78 is 25.5. The molecule has 0 spiro atoms. The van der Waals surface area contributed by atoms with Crippen LogP contribution in [0.3, 0.4) is 0 Å². The van der Waals surface area contributed by atoms with Crippen LogP contribution in [0.1, 0.15) is 35.8 Å². The number of carbonyl (C=O) groups is 1. The van der Waals surface area contributed by atoms with E-state index in [1.54, 1.807) is 36.4 Å². The molecule has 0 unspecified atom stereocenters. The van der Waals surface area contributed by atoms with Crippen molar-refractivity contribution in [1.29, 1.82) is 0 Å². The number of fused-ring (bicyclic) bond motifs is 1. The number of nitrogens with one attached hydrogen (secondary N) is 1. The predicted octanol–water partition coefficient (Wildman–Crippen LogP) is 7.57. The Balaban J connectivity index is 0.00000164. The third-order valence-corrected chi connectivity index (χ3v) is 6.39. The minimum absolute atomic E-state index is 0.201. The van der Waals surface area contributed by atoms with Crippen molar-refractivity contribution in [3.63, 3.8) is 0 Å². The van der Waals surface area contributed by atoms with Crippen molar-refractivity contribution < 1.29 is 18.3 Å². The lowest BCUT2D eigenvalue weighted by Gasteiger charge is -2.11. The Kier molecular flexibility index (Phi) is 9.09. The Morgan fingerprint density at radius 3 is 2.76 bits per heavy atom. The fourth-order valence-corrected chi connectivity index (χ4v) is 4.53. The van der Waals surface area contributed by atoms with Crippen molar-refractivity contribution in [2.45, 2.75) is 26.9 Å². The molecule has 0 aliphatic heterocycles. The number of hydrogen-bond acceptors (Lipinski definition) is 7. The summed E-state index contributed by atoms with van der Waals surface area (Å²) in [5, 5.41) is 3.68. The molecule has 0 bridgehead atoms. The second-order valence-electron chi connectivity index (χ2n) is 7.62. The standard InChI is InChI=1S/C27H17ClFN3O3S.C2H6/c28-23-13-19(4-9-25(23)34-15-17-2-1-3-18(29)12-17)32-27-26-24(30-16-31-27)14-22(36-26)8-7-20-5-6-21(35-20)10-11-33;1-2/h1-6,9,11-14,16H,10,15H2,(H,30,31,32);1-2H3. The van der Waals surface area contributed by atoms with Crippen molar-refractivity contribution in [3.05, 3.63) is 99.8 Å². The zero-order valence-corrected chi connectivity index (χ0v) is 22.2. The first-order chi connectivity index (χ1) is 18.6. The van der Waals surface area contributed by atoms with E-state index in [0.717, 1.165) is 27.1 Å². The van der Waals surface area contributed by atoms with E-state index in [-0.39, 0.29) is 18.8 Å². The predicted molar refractivity (Wildman–Crippen MR) is 149 cm³/mol. The summed E-state index contributed by atoms with van der Waals surface area (Å²) in [6, 6.07) is 16.9. The number of aromatic nitrogens is 2. The maximum Gasteiger partial charge on any atom is 0.177 e. The third kappa shape index (κ3) is 6.76. The van der Waals surface area contributed by atoms with Crippen LogP contribution in [0.2, 0.25) is 5.02 Å². The number of ether oxygens (including phenoxy) is 1. The quantitative estimate of drug-likeness (QED) is 0.167. The molecule has 0 atom stereocenters. The molecule has 0 saturated carbocycles. The van der Waals surface area contributed by atoms with Gasteiger partial charge in [-0.15, -0.1) is 11.3 Å². The molecule has 192 valence electrons. The number of benzene rings is 2. The molecule has 5 rings (SSSR count). The molecule has 5 aromatic rings. The molecule has 0 radical (unpaired) electrons. The summed E-state index contributed by atoms with van der Waals surface area (Å²) in [7, 11) is 0. The second kappa shape index (κ2) is 12.9. The number of halogens is 2. The molecule has 9 heteroatoms. The molecule has 0 aliphatic rings. The van der Waals surface area contributed by atoms with E-state index in [2.05, 4.69) is 27.1 Å². The van der Waals surface area contributed by atoms with E-state index in [1.165, 1.54) is 29.8 Å². The van der Waals surface area contributed by atoms with Crippen molar-refractivity contribution in [1.82, 2.24) is 9.97 Å². The molecule has 0 fully saturated rings. The molecule has 2 aromatic carbocycles. The number of furan rings is 1. The summed E-state index contributed by atoms with van der Waals surface area (Å²) >= 11 is 7.87. The van der Waals surface area contributed by atoms with Crippen molar-refractivity contribution in [2.24, 2.45) is 0 Å². The molecule has 3 aromatic heterocycles. The van der Waals surface area contributed by atoms with Gasteiger partial charge in [0, 0.05) is 5.69 Å². The summed E-state index contributed by atoms with van der Waals surface area (Å²) in [4.78, 5) is 20.1. The van der Waals surface area contributed by atoms with Gasteiger partial charge in [0.1, 0.15) is 36.5 Å². The highest BCUT2D eigenvalue weighted by Gasteiger charge is 2.10. The number of rotatable bonds is 7. The topological polar surface area (TPSA) is 77.2 Å². The van der Waals surface area contributed by atoms with Crippen LogP contribution in [0.15, 0.2) is 71.4 Å². The molecular weight excluding hydrogens is 525 g/mol. The van der Waals surface area contributed by atoms with Gasteiger partial charge in [0.2, 0.25) is 0 Å². The highest BCUT2D eigenvalue weighted by molar-refractivity contribution is 7.20. The van der Waals surface area contributed by atoms with E-state index in [4.69, 9.17) is 20.8 Å². The van der Waals surface area contributed by atoms with E-state index >= 15 is 0 Å². The maximum absolute atomic E-state index is 13.4. The molecule has 3 heterocycles. The lowest BCUT2D eigenvalue weighted by Crippen LogP contribution is -1.98. The number of anilines is 2. The van der Waals surface area contributed by atoms with Gasteiger partial charge in [-0.3, -0.25) is 0 Å². The van der Waals surface area contributed by atoms with Crippen molar-refractivity contribution in [2.75, 3.05) is 5.32 Å². The van der Waals surface area contributed by atoms with E-state index in [0.29, 0.717) is 33.7 Å². The molecule has 0 saturated heterocycles. The monoisotopic (exact) mass is 547 g/mol.